The van der Waals surface area contributed by atoms with Crippen LogP contribution in [0.15, 0.2) is 18.2 Å². The number of rotatable bonds is 3. The summed E-state index contributed by atoms with van der Waals surface area (Å²) in [6, 6.07) is 4.71. The number of aliphatic hydroxyl groups is 1. The lowest BCUT2D eigenvalue weighted by molar-refractivity contribution is 0.0854. The highest BCUT2D eigenvalue weighted by Crippen LogP contribution is 2.37. The first-order valence-corrected chi connectivity index (χ1v) is 8.87. The number of benzene rings is 1. The van der Waals surface area contributed by atoms with Crippen LogP contribution in [0.1, 0.15) is 42.9 Å². The molecule has 0 saturated heterocycles. The summed E-state index contributed by atoms with van der Waals surface area (Å²) in [6.45, 7) is 1.67. The lowest BCUT2D eigenvalue weighted by atomic mass is 9.82. The average Bonchev–Trinajstić information content (AvgIpc) is 2.40. The molecule has 3 unspecified atom stereocenters. The zero-order valence-electron chi connectivity index (χ0n) is 11.8. The quantitative estimate of drug-likeness (QED) is 0.934. The second-order valence-corrected chi connectivity index (χ2v) is 8.16. The van der Waals surface area contributed by atoms with Crippen molar-refractivity contribution >= 4 is 9.84 Å². The van der Waals surface area contributed by atoms with Gasteiger partial charge in [0.2, 0.25) is 0 Å². The molecule has 1 aliphatic carbocycles. The fourth-order valence-electron chi connectivity index (χ4n) is 2.92. The molecule has 1 fully saturated rings. The van der Waals surface area contributed by atoms with Crippen LogP contribution in [0.4, 0.5) is 4.39 Å². The molecule has 0 bridgehead atoms. The summed E-state index contributed by atoms with van der Waals surface area (Å²) in [5, 5.41) is 10.00. The van der Waals surface area contributed by atoms with Gasteiger partial charge in [-0.1, -0.05) is 18.6 Å². The molecule has 1 aromatic rings. The van der Waals surface area contributed by atoms with Crippen molar-refractivity contribution in [3.8, 4) is 0 Å². The van der Waals surface area contributed by atoms with Gasteiger partial charge in [0.15, 0.2) is 0 Å². The lowest BCUT2D eigenvalue weighted by Crippen LogP contribution is -2.30. The third kappa shape index (κ3) is 3.38. The molecule has 1 aliphatic rings. The summed E-state index contributed by atoms with van der Waals surface area (Å²) in [6.07, 6.45) is 3.13. The maximum absolute atomic E-state index is 13.6. The molecule has 0 aliphatic heterocycles. The molecule has 112 valence electrons. The van der Waals surface area contributed by atoms with Crippen molar-refractivity contribution in [2.24, 2.45) is 5.92 Å². The number of hydrogen-bond donors (Lipinski definition) is 1. The van der Waals surface area contributed by atoms with Crippen LogP contribution in [0.2, 0.25) is 0 Å². The van der Waals surface area contributed by atoms with Crippen LogP contribution in [-0.4, -0.2) is 25.0 Å². The SMILES string of the molecule is Cc1ccc(C(O)C2CCCC(S(C)(=O)=O)C2)cc1F. The van der Waals surface area contributed by atoms with Gasteiger partial charge in [0.1, 0.15) is 15.7 Å². The van der Waals surface area contributed by atoms with Gasteiger partial charge in [0.05, 0.1) is 11.4 Å². The Kier molecular flexibility index (Phi) is 4.49. The van der Waals surface area contributed by atoms with E-state index >= 15 is 0 Å². The number of aryl methyl sites for hydroxylation is 1. The summed E-state index contributed by atoms with van der Waals surface area (Å²) < 4.78 is 36.9. The van der Waals surface area contributed by atoms with Crippen LogP contribution in [0, 0.1) is 18.7 Å². The Balaban J connectivity index is 2.16. The van der Waals surface area contributed by atoms with Gasteiger partial charge in [0, 0.05) is 6.26 Å². The summed E-state index contributed by atoms with van der Waals surface area (Å²) in [7, 11) is -3.07. The van der Waals surface area contributed by atoms with Crippen LogP contribution in [0.25, 0.3) is 0 Å². The highest BCUT2D eigenvalue weighted by molar-refractivity contribution is 7.91. The van der Waals surface area contributed by atoms with E-state index < -0.39 is 15.9 Å². The third-order valence-corrected chi connectivity index (χ3v) is 5.90. The molecule has 0 radical (unpaired) electrons. The van der Waals surface area contributed by atoms with Gasteiger partial charge < -0.3 is 5.11 Å². The van der Waals surface area contributed by atoms with Gasteiger partial charge in [-0.25, -0.2) is 12.8 Å². The first kappa shape index (κ1) is 15.4. The fourth-order valence-corrected chi connectivity index (χ4v) is 4.11. The number of halogens is 1. The molecule has 5 heteroatoms. The minimum Gasteiger partial charge on any atom is -0.388 e. The van der Waals surface area contributed by atoms with E-state index in [4.69, 9.17) is 0 Å². The van der Waals surface area contributed by atoms with Crippen LogP contribution in [0.3, 0.4) is 0 Å². The maximum atomic E-state index is 13.6. The molecule has 1 saturated carbocycles. The fraction of sp³-hybridized carbons (Fsp3) is 0.600. The summed E-state index contributed by atoms with van der Waals surface area (Å²) in [5.41, 5.74) is 1.07. The van der Waals surface area contributed by atoms with Crippen molar-refractivity contribution in [2.45, 2.75) is 44.0 Å². The zero-order chi connectivity index (χ0) is 14.9. The van der Waals surface area contributed by atoms with Crippen LogP contribution in [0.5, 0.6) is 0 Å². The molecule has 0 heterocycles. The van der Waals surface area contributed by atoms with E-state index in [1.54, 1.807) is 19.1 Å². The smallest absolute Gasteiger partial charge is 0.150 e. The van der Waals surface area contributed by atoms with Gasteiger partial charge in [-0.2, -0.15) is 0 Å². The Morgan fingerprint density at radius 3 is 2.65 bits per heavy atom. The Morgan fingerprint density at radius 1 is 1.35 bits per heavy atom. The topological polar surface area (TPSA) is 54.4 Å². The van der Waals surface area contributed by atoms with Gasteiger partial charge in [0.25, 0.3) is 0 Å². The maximum Gasteiger partial charge on any atom is 0.150 e. The lowest BCUT2D eigenvalue weighted by Gasteiger charge is -2.31. The molecular weight excluding hydrogens is 279 g/mol. The van der Waals surface area contributed by atoms with Gasteiger partial charge >= 0.3 is 0 Å². The Labute approximate surface area is 119 Å². The highest BCUT2D eigenvalue weighted by atomic mass is 32.2. The van der Waals surface area contributed by atoms with Crippen molar-refractivity contribution in [3.05, 3.63) is 35.1 Å². The normalized spacial score (nSPS) is 25.4. The molecule has 2 rings (SSSR count). The van der Waals surface area contributed by atoms with E-state index in [1.807, 2.05) is 0 Å². The molecule has 0 amide bonds. The molecule has 1 N–H and O–H groups in total. The Hall–Kier alpha value is -0.940. The average molecular weight is 300 g/mol. The molecule has 0 aromatic heterocycles. The predicted molar refractivity (Wildman–Crippen MR) is 76.7 cm³/mol. The van der Waals surface area contributed by atoms with Crippen molar-refractivity contribution in [3.63, 3.8) is 0 Å². The second kappa shape index (κ2) is 5.82. The monoisotopic (exact) mass is 300 g/mol. The molecule has 20 heavy (non-hydrogen) atoms. The standard InChI is InChI=1S/C15H21FO3S/c1-10-6-7-12(9-14(10)16)15(17)11-4-3-5-13(8-11)20(2,18)19/h6-7,9,11,13,15,17H,3-5,8H2,1-2H3. The van der Waals surface area contributed by atoms with Gasteiger partial charge in [-0.15, -0.1) is 0 Å². The largest absolute Gasteiger partial charge is 0.388 e. The minimum absolute atomic E-state index is 0.120. The van der Waals surface area contributed by atoms with E-state index in [2.05, 4.69) is 0 Å². The van der Waals surface area contributed by atoms with Gasteiger partial charge in [-0.05, 0) is 49.3 Å². The number of sulfone groups is 1. The molecular formula is C15H21FO3S. The van der Waals surface area contributed by atoms with Crippen LogP contribution >= 0.6 is 0 Å². The van der Waals surface area contributed by atoms with Crippen molar-refractivity contribution < 1.29 is 17.9 Å². The van der Waals surface area contributed by atoms with E-state index in [1.165, 1.54) is 12.3 Å². The summed E-state index contributed by atoms with van der Waals surface area (Å²) in [4.78, 5) is 0. The second-order valence-electron chi connectivity index (χ2n) is 5.83. The zero-order valence-corrected chi connectivity index (χ0v) is 12.7. The Bertz CT molecular complexity index is 583. The molecule has 0 spiro atoms. The van der Waals surface area contributed by atoms with E-state index in [0.717, 1.165) is 12.8 Å². The van der Waals surface area contributed by atoms with Crippen LogP contribution in [-0.2, 0) is 9.84 Å². The molecule has 1 aromatic carbocycles. The van der Waals surface area contributed by atoms with Crippen molar-refractivity contribution in [2.75, 3.05) is 6.26 Å². The highest BCUT2D eigenvalue weighted by Gasteiger charge is 2.33. The van der Waals surface area contributed by atoms with Crippen molar-refractivity contribution in [1.29, 1.82) is 0 Å². The molecule has 3 atom stereocenters. The summed E-state index contributed by atoms with van der Waals surface area (Å²) in [5.74, 6) is -0.456. The van der Waals surface area contributed by atoms with Crippen molar-refractivity contribution in [1.82, 2.24) is 0 Å². The van der Waals surface area contributed by atoms with Crippen LogP contribution < -0.4 is 0 Å². The first-order valence-electron chi connectivity index (χ1n) is 6.92. The molecule has 3 nitrogen and oxygen atoms in total. The number of hydrogen-bond acceptors (Lipinski definition) is 3. The minimum atomic E-state index is -3.07. The van der Waals surface area contributed by atoms with Gasteiger partial charge in [-0.3, -0.25) is 0 Å². The summed E-state index contributed by atoms with van der Waals surface area (Å²) >= 11 is 0. The van der Waals surface area contributed by atoms with E-state index in [0.29, 0.717) is 24.0 Å². The predicted octanol–water partition coefficient (Wildman–Crippen LogP) is 2.77. The number of aliphatic hydroxyl groups excluding tert-OH is 1. The Morgan fingerprint density at radius 2 is 2.05 bits per heavy atom. The third-order valence-electron chi connectivity index (χ3n) is 4.26. The van der Waals surface area contributed by atoms with E-state index in [9.17, 15) is 17.9 Å². The van der Waals surface area contributed by atoms with E-state index in [-0.39, 0.29) is 17.0 Å². The first-order chi connectivity index (χ1) is 9.29.